The fourth-order valence-electron chi connectivity index (χ4n) is 4.00. The Bertz CT molecular complexity index is 565. The van der Waals surface area contributed by atoms with Crippen LogP contribution in [0.25, 0.3) is 0 Å². The molecule has 0 spiro atoms. The number of pyridine rings is 1. The van der Waals surface area contributed by atoms with E-state index in [2.05, 4.69) is 56.4 Å². The number of aromatic nitrogens is 1. The molecule has 2 aliphatic rings. The highest BCUT2D eigenvalue weighted by atomic mass is 15.2. The predicted octanol–water partition coefficient (Wildman–Crippen LogP) is 5.08. The van der Waals surface area contributed by atoms with Gasteiger partial charge in [0.2, 0.25) is 0 Å². The number of nitrogens with zero attached hydrogens (tertiary/aromatic N) is 2. The summed E-state index contributed by atoms with van der Waals surface area (Å²) in [6.45, 7) is 14.7. The molecule has 1 aliphatic heterocycles. The Labute approximate surface area is 135 Å². The molecular weight excluding hydrogens is 268 g/mol. The van der Waals surface area contributed by atoms with Gasteiger partial charge in [-0.05, 0) is 37.2 Å². The average Bonchev–Trinajstić information content (AvgIpc) is 2.70. The van der Waals surface area contributed by atoms with Gasteiger partial charge in [0, 0.05) is 40.8 Å². The molecule has 1 aliphatic carbocycles. The number of aryl methyl sites for hydroxylation is 1. The fraction of sp³-hybridized carbons (Fsp3) is 0.650. The van der Waals surface area contributed by atoms with Crippen LogP contribution in [-0.2, 0) is 11.8 Å². The summed E-state index contributed by atoms with van der Waals surface area (Å²) in [5.41, 5.74) is 5.15. The second-order valence-electron chi connectivity index (χ2n) is 7.85. The second kappa shape index (κ2) is 5.72. The highest BCUT2D eigenvalue weighted by Gasteiger charge is 2.40. The molecule has 3 rings (SSSR count). The van der Waals surface area contributed by atoms with E-state index in [1.165, 1.54) is 48.3 Å². The van der Waals surface area contributed by atoms with Crippen LogP contribution in [0.1, 0.15) is 64.6 Å². The van der Waals surface area contributed by atoms with Crippen molar-refractivity contribution >= 4 is 5.69 Å². The molecule has 2 heterocycles. The Hall–Kier alpha value is -1.31. The Balaban J connectivity index is 1.87. The molecule has 1 aromatic heterocycles. The van der Waals surface area contributed by atoms with E-state index in [1.54, 1.807) is 0 Å². The minimum atomic E-state index is 0.0105. The van der Waals surface area contributed by atoms with Crippen molar-refractivity contribution in [2.75, 3.05) is 11.4 Å². The number of hydrogen-bond donors (Lipinski definition) is 0. The summed E-state index contributed by atoms with van der Waals surface area (Å²) in [6.07, 6.45) is 8.59. The Morgan fingerprint density at radius 1 is 1.27 bits per heavy atom. The third-order valence-corrected chi connectivity index (χ3v) is 5.89. The first-order chi connectivity index (χ1) is 10.4. The molecule has 120 valence electrons. The largest absolute Gasteiger partial charge is 0.344 e. The van der Waals surface area contributed by atoms with Crippen molar-refractivity contribution in [2.45, 2.75) is 65.2 Å². The van der Waals surface area contributed by atoms with Gasteiger partial charge in [-0.3, -0.25) is 4.98 Å². The van der Waals surface area contributed by atoms with E-state index in [0.29, 0.717) is 0 Å². The Morgan fingerprint density at radius 3 is 2.59 bits per heavy atom. The zero-order valence-corrected chi connectivity index (χ0v) is 14.7. The van der Waals surface area contributed by atoms with Crippen LogP contribution in [0.4, 0.5) is 5.69 Å². The molecule has 2 heteroatoms. The lowest BCUT2D eigenvalue weighted by Gasteiger charge is -2.33. The Morgan fingerprint density at radius 2 is 1.95 bits per heavy atom. The molecule has 1 aromatic rings. The summed E-state index contributed by atoms with van der Waals surface area (Å²) >= 11 is 0. The van der Waals surface area contributed by atoms with Gasteiger partial charge in [-0.15, -0.1) is 0 Å². The van der Waals surface area contributed by atoms with Gasteiger partial charge in [-0.2, -0.15) is 0 Å². The lowest BCUT2D eigenvalue weighted by atomic mass is 9.82. The first-order valence-corrected chi connectivity index (χ1v) is 8.89. The first-order valence-electron chi connectivity index (χ1n) is 8.89. The maximum Gasteiger partial charge on any atom is 0.0484 e. The van der Waals surface area contributed by atoms with Gasteiger partial charge in [0.15, 0.2) is 0 Å². The van der Waals surface area contributed by atoms with E-state index in [9.17, 15) is 0 Å². The van der Waals surface area contributed by atoms with Gasteiger partial charge in [-0.25, -0.2) is 0 Å². The van der Waals surface area contributed by atoms with E-state index in [0.717, 1.165) is 24.8 Å². The SMILES string of the molecule is C=C1N(CC2CCC(C)CC2)c2cc(CC)ncc2C1(C)C. The molecule has 1 saturated carbocycles. The standard InChI is InChI=1S/C20H30N2/c1-6-17-11-19-18(12-21-17)20(4,5)15(3)22(19)13-16-9-7-14(2)8-10-16/h11-12,14,16H,3,6-10,13H2,1-2,4-5H3. The minimum absolute atomic E-state index is 0.0105. The van der Waals surface area contributed by atoms with Crippen molar-refractivity contribution in [2.24, 2.45) is 11.8 Å². The predicted molar refractivity (Wildman–Crippen MR) is 94.2 cm³/mol. The van der Waals surface area contributed by atoms with Crippen molar-refractivity contribution in [3.05, 3.63) is 35.8 Å². The maximum atomic E-state index is 4.62. The minimum Gasteiger partial charge on any atom is -0.344 e. The van der Waals surface area contributed by atoms with Crippen molar-refractivity contribution < 1.29 is 0 Å². The molecule has 0 amide bonds. The molecule has 22 heavy (non-hydrogen) atoms. The summed E-state index contributed by atoms with van der Waals surface area (Å²) in [5, 5.41) is 0. The molecule has 2 nitrogen and oxygen atoms in total. The van der Waals surface area contributed by atoms with Gasteiger partial charge in [0.05, 0.1) is 0 Å². The van der Waals surface area contributed by atoms with Crippen molar-refractivity contribution in [1.29, 1.82) is 0 Å². The van der Waals surface area contributed by atoms with Gasteiger partial charge in [-0.1, -0.05) is 47.1 Å². The smallest absolute Gasteiger partial charge is 0.0484 e. The van der Waals surface area contributed by atoms with Crippen molar-refractivity contribution in [3.8, 4) is 0 Å². The summed E-state index contributed by atoms with van der Waals surface area (Å²) in [7, 11) is 0. The molecule has 1 fully saturated rings. The maximum absolute atomic E-state index is 4.62. The number of hydrogen-bond acceptors (Lipinski definition) is 2. The Kier molecular flexibility index (Phi) is 4.05. The highest BCUT2D eigenvalue weighted by Crippen LogP contribution is 2.47. The topological polar surface area (TPSA) is 16.1 Å². The number of rotatable bonds is 3. The monoisotopic (exact) mass is 298 g/mol. The summed E-state index contributed by atoms with van der Waals surface area (Å²) in [4.78, 5) is 7.12. The molecule has 0 unspecified atom stereocenters. The van der Waals surface area contributed by atoms with Crippen LogP contribution < -0.4 is 4.90 Å². The quantitative estimate of drug-likeness (QED) is 0.773. The number of allylic oxidation sites excluding steroid dienone is 1. The average molecular weight is 298 g/mol. The van der Waals surface area contributed by atoms with Crippen LogP contribution in [0.15, 0.2) is 24.5 Å². The lowest BCUT2D eigenvalue weighted by Crippen LogP contribution is -2.31. The molecular formula is C20H30N2. The van der Waals surface area contributed by atoms with Gasteiger partial charge < -0.3 is 4.90 Å². The first kappa shape index (κ1) is 15.6. The molecule has 0 saturated heterocycles. The van der Waals surface area contributed by atoms with Crippen LogP contribution in [0.3, 0.4) is 0 Å². The van der Waals surface area contributed by atoms with Crippen LogP contribution in [0.2, 0.25) is 0 Å². The van der Waals surface area contributed by atoms with Crippen LogP contribution in [-0.4, -0.2) is 11.5 Å². The third-order valence-electron chi connectivity index (χ3n) is 5.89. The molecule has 0 atom stereocenters. The van der Waals surface area contributed by atoms with E-state index in [-0.39, 0.29) is 5.41 Å². The zero-order chi connectivity index (χ0) is 15.9. The van der Waals surface area contributed by atoms with E-state index >= 15 is 0 Å². The fourth-order valence-corrected chi connectivity index (χ4v) is 4.00. The van der Waals surface area contributed by atoms with Gasteiger partial charge in [0.1, 0.15) is 0 Å². The molecule has 0 aromatic carbocycles. The van der Waals surface area contributed by atoms with Crippen molar-refractivity contribution in [3.63, 3.8) is 0 Å². The summed E-state index contributed by atoms with van der Waals surface area (Å²) < 4.78 is 0. The normalized spacial score (nSPS) is 27.1. The molecule has 0 N–H and O–H groups in total. The summed E-state index contributed by atoms with van der Waals surface area (Å²) in [6, 6.07) is 2.29. The second-order valence-corrected chi connectivity index (χ2v) is 7.85. The molecule has 0 radical (unpaired) electrons. The van der Waals surface area contributed by atoms with E-state index < -0.39 is 0 Å². The number of anilines is 1. The highest BCUT2D eigenvalue weighted by molar-refractivity contribution is 5.69. The van der Waals surface area contributed by atoms with Crippen molar-refractivity contribution in [1.82, 2.24) is 4.98 Å². The lowest BCUT2D eigenvalue weighted by molar-refractivity contribution is 0.293. The number of fused-ring (bicyclic) bond motifs is 1. The van der Waals surface area contributed by atoms with Crippen LogP contribution in [0, 0.1) is 11.8 Å². The zero-order valence-electron chi connectivity index (χ0n) is 14.7. The van der Waals surface area contributed by atoms with Crippen LogP contribution >= 0.6 is 0 Å². The van der Waals surface area contributed by atoms with E-state index in [4.69, 9.17) is 0 Å². The van der Waals surface area contributed by atoms with Crippen LogP contribution in [0.5, 0.6) is 0 Å². The van der Waals surface area contributed by atoms with Gasteiger partial charge >= 0.3 is 0 Å². The van der Waals surface area contributed by atoms with E-state index in [1.807, 2.05) is 0 Å². The third kappa shape index (κ3) is 2.57. The summed E-state index contributed by atoms with van der Waals surface area (Å²) in [5.74, 6) is 1.73. The molecule has 0 bridgehead atoms. The van der Waals surface area contributed by atoms with Gasteiger partial charge in [0.25, 0.3) is 0 Å².